The lowest BCUT2D eigenvalue weighted by Crippen LogP contribution is -2.40. The minimum atomic E-state index is -0.582. The van der Waals surface area contributed by atoms with E-state index in [1.807, 2.05) is 0 Å². The van der Waals surface area contributed by atoms with Gasteiger partial charge in [0.25, 0.3) is 17.7 Å². The maximum Gasteiger partial charge on any atom is 0.265 e. The molecule has 10 nitrogen and oxygen atoms in total. The molecule has 154 valence electrons. The van der Waals surface area contributed by atoms with Gasteiger partial charge in [-0.25, -0.2) is 4.98 Å². The third-order valence-corrected chi connectivity index (χ3v) is 6.01. The van der Waals surface area contributed by atoms with E-state index in [4.69, 9.17) is 0 Å². The van der Waals surface area contributed by atoms with Crippen molar-refractivity contribution in [2.75, 3.05) is 42.3 Å². The van der Waals surface area contributed by atoms with Crippen molar-refractivity contribution >= 4 is 35.2 Å². The number of aromatic nitrogens is 2. The Morgan fingerprint density at radius 1 is 1.13 bits per heavy atom. The van der Waals surface area contributed by atoms with E-state index in [2.05, 4.69) is 20.2 Å². The van der Waals surface area contributed by atoms with Crippen LogP contribution in [0.25, 0.3) is 0 Å². The largest absolute Gasteiger partial charge is 0.505 e. The van der Waals surface area contributed by atoms with Gasteiger partial charge in [-0.2, -0.15) is 4.98 Å². The molecule has 30 heavy (non-hydrogen) atoms. The first-order valence-electron chi connectivity index (χ1n) is 9.74. The Balaban J connectivity index is 1.65. The molecular weight excluding hydrogens is 388 g/mol. The Morgan fingerprint density at radius 3 is 2.70 bits per heavy atom. The Bertz CT molecular complexity index is 1120. The first kappa shape index (κ1) is 18.3. The summed E-state index contributed by atoms with van der Waals surface area (Å²) in [5, 5.41) is 13.8. The van der Waals surface area contributed by atoms with Gasteiger partial charge in [0.05, 0.1) is 16.8 Å². The third kappa shape index (κ3) is 2.39. The van der Waals surface area contributed by atoms with Crippen LogP contribution in [0, 0.1) is 0 Å². The molecule has 5 rings (SSSR count). The van der Waals surface area contributed by atoms with Gasteiger partial charge < -0.3 is 20.2 Å². The summed E-state index contributed by atoms with van der Waals surface area (Å²) in [5.41, 5.74) is 0.601. The standard InChI is InChI=1S/C20H20N6O4/c1-21-20-22-8-12-16(23-20)25-7-3-4-10(25)9-26(18(12)29)13-6-5-11-14(15(13)27)19(30)24(2)17(11)28/h5-6,8,10,27H,3-4,7,9H2,1-2H3,(H,21,22,23). The molecular formula is C20H20N6O4. The number of amides is 3. The summed E-state index contributed by atoms with van der Waals surface area (Å²) >= 11 is 0. The van der Waals surface area contributed by atoms with Gasteiger partial charge in [-0.3, -0.25) is 19.3 Å². The number of fused-ring (bicyclic) bond motifs is 4. The number of phenolic OH excluding ortho intramolecular Hbond substituents is 1. The van der Waals surface area contributed by atoms with E-state index < -0.39 is 11.8 Å². The van der Waals surface area contributed by atoms with Gasteiger partial charge in [0.15, 0.2) is 5.75 Å². The second kappa shape index (κ2) is 6.41. The molecule has 3 amide bonds. The van der Waals surface area contributed by atoms with Gasteiger partial charge in [0.2, 0.25) is 5.95 Å². The Labute approximate surface area is 172 Å². The fourth-order valence-electron chi connectivity index (χ4n) is 4.45. The van der Waals surface area contributed by atoms with Crippen LogP contribution in [0.2, 0.25) is 0 Å². The number of hydrogen-bond acceptors (Lipinski definition) is 8. The number of carbonyl (C=O) groups excluding carboxylic acids is 3. The molecule has 2 N–H and O–H groups in total. The van der Waals surface area contributed by atoms with Gasteiger partial charge in [0, 0.05) is 39.4 Å². The summed E-state index contributed by atoms with van der Waals surface area (Å²) in [7, 11) is 3.08. The van der Waals surface area contributed by atoms with E-state index in [0.717, 1.165) is 24.3 Å². The molecule has 1 aromatic heterocycles. The Morgan fingerprint density at radius 2 is 1.93 bits per heavy atom. The van der Waals surface area contributed by atoms with Crippen molar-refractivity contribution in [2.45, 2.75) is 18.9 Å². The molecule has 0 radical (unpaired) electrons. The highest BCUT2D eigenvalue weighted by atomic mass is 16.3. The smallest absolute Gasteiger partial charge is 0.265 e. The number of anilines is 3. The quantitative estimate of drug-likeness (QED) is 0.709. The number of nitrogens with one attached hydrogen (secondary N) is 1. The molecule has 1 aromatic carbocycles. The highest BCUT2D eigenvalue weighted by molar-refractivity contribution is 6.23. The SMILES string of the molecule is CNc1ncc2c(n1)N1CCCC1CN(c1ccc3c(c1O)C(=O)N(C)C3=O)C2=O. The van der Waals surface area contributed by atoms with Crippen molar-refractivity contribution in [1.29, 1.82) is 0 Å². The molecule has 2 aromatic rings. The minimum absolute atomic E-state index is 0.0162. The van der Waals surface area contributed by atoms with Crippen LogP contribution in [0.1, 0.15) is 43.9 Å². The predicted molar refractivity (Wildman–Crippen MR) is 108 cm³/mol. The van der Waals surface area contributed by atoms with E-state index >= 15 is 0 Å². The molecule has 1 unspecified atom stereocenters. The third-order valence-electron chi connectivity index (χ3n) is 6.01. The normalized spacial score (nSPS) is 20.3. The summed E-state index contributed by atoms with van der Waals surface area (Å²) in [6.07, 6.45) is 3.31. The van der Waals surface area contributed by atoms with Crippen LogP contribution in [-0.2, 0) is 0 Å². The Kier molecular flexibility index (Phi) is 3.92. The topological polar surface area (TPSA) is 119 Å². The van der Waals surface area contributed by atoms with Crippen LogP contribution in [-0.4, -0.2) is 70.9 Å². The average Bonchev–Trinajstić information content (AvgIpc) is 3.27. The van der Waals surface area contributed by atoms with Crippen molar-refractivity contribution < 1.29 is 19.5 Å². The molecule has 0 aliphatic carbocycles. The lowest BCUT2D eigenvalue weighted by atomic mass is 10.1. The maximum atomic E-state index is 13.5. The van der Waals surface area contributed by atoms with Crippen molar-refractivity contribution in [3.63, 3.8) is 0 Å². The number of benzene rings is 1. The van der Waals surface area contributed by atoms with Gasteiger partial charge in [-0.15, -0.1) is 0 Å². The molecule has 10 heteroatoms. The van der Waals surface area contributed by atoms with E-state index in [1.165, 1.54) is 30.3 Å². The molecule has 1 atom stereocenters. The summed E-state index contributed by atoms with van der Waals surface area (Å²) in [5.74, 6) is -0.781. The van der Waals surface area contributed by atoms with E-state index in [9.17, 15) is 19.5 Å². The van der Waals surface area contributed by atoms with Gasteiger partial charge in [0.1, 0.15) is 11.4 Å². The summed E-state index contributed by atoms with van der Waals surface area (Å²) in [6, 6.07) is 3.02. The molecule has 1 fully saturated rings. The first-order valence-corrected chi connectivity index (χ1v) is 9.74. The molecule has 0 spiro atoms. The second-order valence-electron chi connectivity index (χ2n) is 7.61. The predicted octanol–water partition coefficient (Wildman–Crippen LogP) is 1.08. The van der Waals surface area contributed by atoms with E-state index in [0.29, 0.717) is 23.9 Å². The average molecular weight is 408 g/mol. The highest BCUT2D eigenvalue weighted by Gasteiger charge is 2.41. The van der Waals surface area contributed by atoms with Gasteiger partial charge in [-0.1, -0.05) is 0 Å². The lowest BCUT2D eigenvalue weighted by molar-refractivity contribution is 0.0692. The monoisotopic (exact) mass is 408 g/mol. The van der Waals surface area contributed by atoms with Crippen LogP contribution >= 0.6 is 0 Å². The molecule has 3 aliphatic rings. The van der Waals surface area contributed by atoms with Crippen LogP contribution in [0.5, 0.6) is 5.75 Å². The zero-order valence-electron chi connectivity index (χ0n) is 16.5. The van der Waals surface area contributed by atoms with Crippen LogP contribution < -0.4 is 15.1 Å². The van der Waals surface area contributed by atoms with Crippen molar-refractivity contribution in [3.8, 4) is 5.75 Å². The fourth-order valence-corrected chi connectivity index (χ4v) is 4.45. The molecule has 0 saturated carbocycles. The number of phenols is 1. The maximum absolute atomic E-state index is 13.5. The van der Waals surface area contributed by atoms with E-state index in [1.54, 1.807) is 7.05 Å². The van der Waals surface area contributed by atoms with Crippen LogP contribution in [0.15, 0.2) is 18.3 Å². The zero-order valence-corrected chi connectivity index (χ0v) is 16.5. The molecule has 0 bridgehead atoms. The lowest BCUT2D eigenvalue weighted by Gasteiger charge is -2.27. The van der Waals surface area contributed by atoms with E-state index in [-0.39, 0.29) is 34.5 Å². The minimum Gasteiger partial charge on any atom is -0.505 e. The number of rotatable bonds is 2. The van der Waals surface area contributed by atoms with Crippen LogP contribution in [0.3, 0.4) is 0 Å². The molecule has 3 aliphatic heterocycles. The van der Waals surface area contributed by atoms with Gasteiger partial charge in [-0.05, 0) is 25.0 Å². The fraction of sp³-hybridized carbons (Fsp3) is 0.350. The van der Waals surface area contributed by atoms with Crippen molar-refractivity contribution in [1.82, 2.24) is 14.9 Å². The second-order valence-corrected chi connectivity index (χ2v) is 7.61. The summed E-state index contributed by atoms with van der Waals surface area (Å²) < 4.78 is 0. The highest BCUT2D eigenvalue weighted by Crippen LogP contribution is 2.41. The summed E-state index contributed by atoms with van der Waals surface area (Å²) in [4.78, 5) is 51.4. The first-order chi connectivity index (χ1) is 14.4. The number of carbonyl (C=O) groups is 3. The Hall–Kier alpha value is -3.69. The number of hydrogen-bond donors (Lipinski definition) is 2. The van der Waals surface area contributed by atoms with Crippen LogP contribution in [0.4, 0.5) is 17.5 Å². The number of aromatic hydroxyl groups is 1. The zero-order chi connectivity index (χ0) is 21.2. The van der Waals surface area contributed by atoms with Crippen molar-refractivity contribution in [3.05, 3.63) is 35.0 Å². The number of nitrogens with zero attached hydrogens (tertiary/aromatic N) is 5. The summed E-state index contributed by atoms with van der Waals surface area (Å²) in [6.45, 7) is 1.10. The van der Waals surface area contributed by atoms with Crippen molar-refractivity contribution in [2.24, 2.45) is 0 Å². The van der Waals surface area contributed by atoms with Gasteiger partial charge >= 0.3 is 0 Å². The molecule has 1 saturated heterocycles. The molecule has 4 heterocycles. The number of imide groups is 1.